The Morgan fingerprint density at radius 3 is 2.67 bits per heavy atom. The van der Waals surface area contributed by atoms with Gasteiger partial charge in [0.2, 0.25) is 0 Å². The molecule has 1 atom stereocenters. The van der Waals surface area contributed by atoms with Gasteiger partial charge in [-0.15, -0.1) is 0 Å². The molecule has 2 saturated carbocycles. The first-order valence-corrected chi connectivity index (χ1v) is 7.74. The second kappa shape index (κ2) is 5.48. The normalized spacial score (nSPS) is 38.8. The van der Waals surface area contributed by atoms with Crippen LogP contribution in [0.2, 0.25) is 0 Å². The zero-order valence-corrected chi connectivity index (χ0v) is 11.6. The minimum Gasteiger partial charge on any atom is -0.381 e. The lowest BCUT2D eigenvalue weighted by Crippen LogP contribution is -2.47. The van der Waals surface area contributed by atoms with Crippen LogP contribution < -0.4 is 5.32 Å². The Labute approximate surface area is 111 Å². The third-order valence-corrected chi connectivity index (χ3v) is 5.17. The van der Waals surface area contributed by atoms with Crippen molar-refractivity contribution in [1.29, 1.82) is 0 Å². The first kappa shape index (κ1) is 12.9. The van der Waals surface area contributed by atoms with Crippen LogP contribution in [0.1, 0.15) is 57.8 Å². The van der Waals surface area contributed by atoms with Crippen molar-refractivity contribution in [2.75, 3.05) is 13.7 Å². The van der Waals surface area contributed by atoms with Crippen molar-refractivity contribution in [3.8, 4) is 0 Å². The van der Waals surface area contributed by atoms with E-state index < -0.39 is 0 Å². The molecule has 0 radical (unpaired) electrons. The highest BCUT2D eigenvalue weighted by molar-refractivity contribution is 4.93. The summed E-state index contributed by atoms with van der Waals surface area (Å²) in [6.45, 7) is 1.04. The third kappa shape index (κ3) is 2.73. The van der Waals surface area contributed by atoms with Gasteiger partial charge in [-0.05, 0) is 38.5 Å². The second-order valence-corrected chi connectivity index (χ2v) is 6.46. The minimum absolute atomic E-state index is 0.277. The Hall–Kier alpha value is -0.120. The first-order valence-electron chi connectivity index (χ1n) is 7.74. The molecule has 3 heteroatoms. The van der Waals surface area contributed by atoms with Gasteiger partial charge in [-0.1, -0.05) is 19.3 Å². The van der Waals surface area contributed by atoms with E-state index in [4.69, 9.17) is 9.47 Å². The van der Waals surface area contributed by atoms with Crippen molar-refractivity contribution in [3.63, 3.8) is 0 Å². The van der Waals surface area contributed by atoms with Crippen LogP contribution in [-0.4, -0.2) is 37.5 Å². The molecule has 1 N–H and O–H groups in total. The van der Waals surface area contributed by atoms with E-state index in [-0.39, 0.29) is 5.60 Å². The van der Waals surface area contributed by atoms with Crippen molar-refractivity contribution in [2.24, 2.45) is 0 Å². The van der Waals surface area contributed by atoms with E-state index in [1.54, 1.807) is 0 Å². The van der Waals surface area contributed by atoms with Gasteiger partial charge in [-0.25, -0.2) is 0 Å². The number of hydrogen-bond donors (Lipinski definition) is 1. The van der Waals surface area contributed by atoms with Crippen molar-refractivity contribution in [3.05, 3.63) is 0 Å². The Kier molecular flexibility index (Phi) is 3.92. The van der Waals surface area contributed by atoms with Gasteiger partial charge in [-0.3, -0.25) is 0 Å². The largest absolute Gasteiger partial charge is 0.381 e. The molecular formula is C15H27NO2. The molecule has 104 valence electrons. The summed E-state index contributed by atoms with van der Waals surface area (Å²) < 4.78 is 11.7. The summed E-state index contributed by atoms with van der Waals surface area (Å²) in [6, 6.07) is 0.668. The average Bonchev–Trinajstić information content (AvgIpc) is 2.72. The Balaban J connectivity index is 1.37. The zero-order chi connectivity index (χ0) is 12.4. The van der Waals surface area contributed by atoms with Crippen LogP contribution >= 0.6 is 0 Å². The van der Waals surface area contributed by atoms with Gasteiger partial charge in [-0.2, -0.15) is 0 Å². The Morgan fingerprint density at radius 1 is 1.17 bits per heavy atom. The summed E-state index contributed by atoms with van der Waals surface area (Å²) in [5.74, 6) is 0. The molecule has 1 unspecified atom stereocenters. The molecule has 1 aliphatic heterocycles. The van der Waals surface area contributed by atoms with E-state index in [2.05, 4.69) is 5.32 Å². The predicted molar refractivity (Wildman–Crippen MR) is 71.7 cm³/mol. The molecule has 0 aromatic heterocycles. The molecule has 1 heterocycles. The molecular weight excluding hydrogens is 226 g/mol. The summed E-state index contributed by atoms with van der Waals surface area (Å²) in [6.07, 6.45) is 12.6. The molecule has 0 bridgehead atoms. The molecule has 3 nitrogen and oxygen atoms in total. The monoisotopic (exact) mass is 253 g/mol. The SMILES string of the molecule is COC1CC(NCC2CCC3(CCCCC3)O2)C1. The van der Waals surface area contributed by atoms with Gasteiger partial charge in [0.25, 0.3) is 0 Å². The van der Waals surface area contributed by atoms with Crippen LogP contribution in [0.5, 0.6) is 0 Å². The molecule has 0 aromatic carbocycles. The maximum absolute atomic E-state index is 6.37. The van der Waals surface area contributed by atoms with Gasteiger partial charge in [0.1, 0.15) is 0 Å². The van der Waals surface area contributed by atoms with Crippen LogP contribution in [0.25, 0.3) is 0 Å². The maximum Gasteiger partial charge on any atom is 0.0708 e. The van der Waals surface area contributed by atoms with E-state index in [0.29, 0.717) is 18.2 Å². The lowest BCUT2D eigenvalue weighted by molar-refractivity contribution is -0.0655. The second-order valence-electron chi connectivity index (χ2n) is 6.46. The van der Waals surface area contributed by atoms with Crippen LogP contribution in [0, 0.1) is 0 Å². The number of rotatable bonds is 4. The Morgan fingerprint density at radius 2 is 1.94 bits per heavy atom. The van der Waals surface area contributed by atoms with E-state index in [0.717, 1.165) is 6.54 Å². The summed E-state index contributed by atoms with van der Waals surface area (Å²) in [5, 5.41) is 3.64. The van der Waals surface area contributed by atoms with Crippen LogP contribution in [0.15, 0.2) is 0 Å². The number of hydrogen-bond acceptors (Lipinski definition) is 3. The number of ether oxygens (including phenoxy) is 2. The van der Waals surface area contributed by atoms with Gasteiger partial charge in [0, 0.05) is 19.7 Å². The van der Waals surface area contributed by atoms with E-state index in [9.17, 15) is 0 Å². The maximum atomic E-state index is 6.37. The van der Waals surface area contributed by atoms with Gasteiger partial charge >= 0.3 is 0 Å². The molecule has 0 aromatic rings. The van der Waals surface area contributed by atoms with Crippen molar-refractivity contribution in [2.45, 2.75) is 81.6 Å². The molecule has 2 aliphatic carbocycles. The summed E-state index contributed by atoms with van der Waals surface area (Å²) in [7, 11) is 1.81. The molecule has 3 rings (SSSR count). The number of methoxy groups -OCH3 is 1. The van der Waals surface area contributed by atoms with Crippen molar-refractivity contribution in [1.82, 2.24) is 5.32 Å². The van der Waals surface area contributed by atoms with E-state index >= 15 is 0 Å². The Bertz CT molecular complexity index is 270. The van der Waals surface area contributed by atoms with Crippen LogP contribution in [-0.2, 0) is 9.47 Å². The minimum atomic E-state index is 0.277. The molecule has 3 fully saturated rings. The van der Waals surface area contributed by atoms with Gasteiger partial charge in [0.15, 0.2) is 0 Å². The zero-order valence-electron chi connectivity index (χ0n) is 11.6. The lowest BCUT2D eigenvalue weighted by atomic mass is 9.83. The fourth-order valence-corrected chi connectivity index (χ4v) is 3.83. The van der Waals surface area contributed by atoms with Gasteiger partial charge in [0.05, 0.1) is 17.8 Å². The smallest absolute Gasteiger partial charge is 0.0708 e. The standard InChI is InChI=1S/C15H27NO2/c1-17-14-9-12(10-14)16-11-13-5-8-15(18-13)6-3-2-4-7-15/h12-14,16H,2-11H2,1H3. The van der Waals surface area contributed by atoms with Crippen molar-refractivity contribution >= 4 is 0 Å². The molecule has 18 heavy (non-hydrogen) atoms. The highest BCUT2D eigenvalue weighted by Crippen LogP contribution is 2.41. The molecule has 3 aliphatic rings. The predicted octanol–water partition coefficient (Wildman–Crippen LogP) is 2.64. The highest BCUT2D eigenvalue weighted by atomic mass is 16.5. The van der Waals surface area contributed by atoms with Gasteiger partial charge < -0.3 is 14.8 Å². The first-order chi connectivity index (χ1) is 8.80. The summed E-state index contributed by atoms with van der Waals surface area (Å²) >= 11 is 0. The summed E-state index contributed by atoms with van der Waals surface area (Å²) in [4.78, 5) is 0. The van der Waals surface area contributed by atoms with E-state index in [1.165, 1.54) is 57.8 Å². The van der Waals surface area contributed by atoms with Crippen molar-refractivity contribution < 1.29 is 9.47 Å². The fraction of sp³-hybridized carbons (Fsp3) is 1.00. The lowest BCUT2D eigenvalue weighted by Gasteiger charge is -2.36. The molecule has 1 spiro atoms. The quantitative estimate of drug-likeness (QED) is 0.835. The highest BCUT2D eigenvalue weighted by Gasteiger charge is 2.41. The molecule has 1 saturated heterocycles. The van der Waals surface area contributed by atoms with Crippen LogP contribution in [0.4, 0.5) is 0 Å². The molecule has 0 amide bonds. The fourth-order valence-electron chi connectivity index (χ4n) is 3.83. The average molecular weight is 253 g/mol. The number of nitrogens with one attached hydrogen (secondary N) is 1. The third-order valence-electron chi connectivity index (χ3n) is 5.17. The van der Waals surface area contributed by atoms with Crippen LogP contribution in [0.3, 0.4) is 0 Å². The topological polar surface area (TPSA) is 30.5 Å². The summed E-state index contributed by atoms with van der Waals surface area (Å²) in [5.41, 5.74) is 0.277. The van der Waals surface area contributed by atoms with E-state index in [1.807, 2.05) is 7.11 Å².